The lowest BCUT2D eigenvalue weighted by Crippen LogP contribution is -2.34. The minimum Gasteiger partial charge on any atom is -0.496 e. The zero-order valence-electron chi connectivity index (χ0n) is 12.5. The number of ether oxygens (including phenoxy) is 1. The number of hydrogen-bond acceptors (Lipinski definition) is 4. The Hall–Kier alpha value is -2.01. The van der Waals surface area contributed by atoms with Gasteiger partial charge in [0.15, 0.2) is 0 Å². The van der Waals surface area contributed by atoms with Crippen molar-refractivity contribution in [2.75, 3.05) is 12.8 Å². The Labute approximate surface area is 128 Å². The molecule has 0 saturated carbocycles. The quantitative estimate of drug-likeness (QED) is 0.835. The maximum absolute atomic E-state index is 12.3. The number of nitrogens with two attached hydrogens (primary N) is 1. The van der Waals surface area contributed by atoms with Crippen LogP contribution in [-0.4, -0.2) is 19.1 Å². The largest absolute Gasteiger partial charge is 0.496 e. The number of rotatable bonds is 5. The minimum absolute atomic E-state index is 0.0432. The van der Waals surface area contributed by atoms with E-state index < -0.39 is 0 Å². The van der Waals surface area contributed by atoms with Crippen molar-refractivity contribution < 1.29 is 9.53 Å². The van der Waals surface area contributed by atoms with Gasteiger partial charge in [-0.05, 0) is 44.2 Å². The van der Waals surface area contributed by atoms with E-state index in [0.29, 0.717) is 17.0 Å². The summed E-state index contributed by atoms with van der Waals surface area (Å²) >= 11 is 1.75. The van der Waals surface area contributed by atoms with Crippen LogP contribution < -0.4 is 15.8 Å². The van der Waals surface area contributed by atoms with Crippen LogP contribution in [0.4, 0.5) is 5.69 Å². The van der Waals surface area contributed by atoms with Gasteiger partial charge in [0.2, 0.25) is 0 Å². The lowest BCUT2D eigenvalue weighted by atomic mass is 10.1. The molecule has 0 aliphatic heterocycles. The first-order valence-corrected chi connectivity index (χ1v) is 7.61. The molecule has 1 unspecified atom stereocenters. The van der Waals surface area contributed by atoms with Crippen molar-refractivity contribution >= 4 is 22.9 Å². The molecule has 0 aliphatic carbocycles. The number of thiophene rings is 1. The van der Waals surface area contributed by atoms with Crippen LogP contribution in [0.2, 0.25) is 0 Å². The lowest BCUT2D eigenvalue weighted by Gasteiger charge is -2.15. The van der Waals surface area contributed by atoms with Crippen molar-refractivity contribution in [3.63, 3.8) is 0 Å². The highest BCUT2D eigenvalue weighted by Gasteiger charge is 2.15. The van der Waals surface area contributed by atoms with Gasteiger partial charge >= 0.3 is 0 Å². The van der Waals surface area contributed by atoms with Gasteiger partial charge in [0.25, 0.3) is 5.91 Å². The molecular formula is C16H20N2O2S. The summed E-state index contributed by atoms with van der Waals surface area (Å²) in [6.07, 6.45) is 0.814. The normalized spacial score (nSPS) is 12.0. The highest BCUT2D eigenvalue weighted by molar-refractivity contribution is 7.11. The number of anilines is 1. The summed E-state index contributed by atoms with van der Waals surface area (Å²) in [4.78, 5) is 14.9. The van der Waals surface area contributed by atoms with Crippen LogP contribution in [0.15, 0.2) is 30.3 Å². The third-order valence-electron chi connectivity index (χ3n) is 3.15. The number of methoxy groups -OCH3 is 1. The predicted octanol–water partition coefficient (Wildman–Crippen LogP) is 3.01. The Bertz CT molecular complexity index is 637. The van der Waals surface area contributed by atoms with Gasteiger partial charge in [-0.2, -0.15) is 0 Å². The average Bonchev–Trinajstić information content (AvgIpc) is 2.83. The van der Waals surface area contributed by atoms with Crippen LogP contribution in [-0.2, 0) is 6.42 Å². The molecule has 21 heavy (non-hydrogen) atoms. The zero-order valence-corrected chi connectivity index (χ0v) is 13.3. The third kappa shape index (κ3) is 3.98. The SMILES string of the molecule is COc1ccc(N)cc1C(=O)NC(C)Cc1ccc(C)s1. The first-order chi connectivity index (χ1) is 9.99. The Morgan fingerprint density at radius 2 is 2.14 bits per heavy atom. The van der Waals surface area contributed by atoms with Crippen LogP contribution >= 0.6 is 11.3 Å². The molecular weight excluding hydrogens is 284 g/mol. The van der Waals surface area contributed by atoms with E-state index in [1.54, 1.807) is 36.6 Å². The van der Waals surface area contributed by atoms with E-state index in [1.807, 2.05) is 6.92 Å². The molecule has 4 nitrogen and oxygen atoms in total. The number of hydrogen-bond donors (Lipinski definition) is 2. The fraction of sp³-hybridized carbons (Fsp3) is 0.312. The number of carbonyl (C=O) groups is 1. The van der Waals surface area contributed by atoms with Gasteiger partial charge < -0.3 is 15.8 Å². The standard InChI is InChI=1S/C16H20N2O2S/c1-10(8-13-6-4-11(2)21-13)18-16(19)14-9-12(17)5-7-15(14)20-3/h4-7,9-10H,8,17H2,1-3H3,(H,18,19). The topological polar surface area (TPSA) is 64.3 Å². The molecule has 2 rings (SSSR count). The lowest BCUT2D eigenvalue weighted by molar-refractivity contribution is 0.0937. The number of nitrogen functional groups attached to an aromatic ring is 1. The average molecular weight is 304 g/mol. The van der Waals surface area contributed by atoms with E-state index in [0.717, 1.165) is 6.42 Å². The molecule has 0 spiro atoms. The maximum atomic E-state index is 12.3. The highest BCUT2D eigenvalue weighted by atomic mass is 32.1. The molecule has 1 atom stereocenters. The summed E-state index contributed by atoms with van der Waals surface area (Å²) in [6, 6.07) is 9.29. The van der Waals surface area contributed by atoms with E-state index in [2.05, 4.69) is 24.4 Å². The highest BCUT2D eigenvalue weighted by Crippen LogP contribution is 2.21. The fourth-order valence-electron chi connectivity index (χ4n) is 2.15. The van der Waals surface area contributed by atoms with Gasteiger partial charge in [-0.15, -0.1) is 11.3 Å². The third-order valence-corrected chi connectivity index (χ3v) is 4.17. The Morgan fingerprint density at radius 3 is 2.76 bits per heavy atom. The van der Waals surface area contributed by atoms with E-state index in [-0.39, 0.29) is 11.9 Å². The van der Waals surface area contributed by atoms with Gasteiger partial charge in [-0.1, -0.05) is 0 Å². The van der Waals surface area contributed by atoms with E-state index in [4.69, 9.17) is 10.5 Å². The van der Waals surface area contributed by atoms with E-state index in [9.17, 15) is 4.79 Å². The molecule has 5 heteroatoms. The second-order valence-corrected chi connectivity index (χ2v) is 6.42. The Morgan fingerprint density at radius 1 is 1.38 bits per heavy atom. The monoisotopic (exact) mass is 304 g/mol. The summed E-state index contributed by atoms with van der Waals surface area (Å²) in [5.41, 5.74) is 6.75. The molecule has 0 bridgehead atoms. The second-order valence-electron chi connectivity index (χ2n) is 5.05. The number of carbonyl (C=O) groups excluding carboxylic acids is 1. The number of aryl methyl sites for hydroxylation is 1. The molecule has 0 fully saturated rings. The molecule has 2 aromatic rings. The summed E-state index contributed by atoms with van der Waals surface area (Å²) < 4.78 is 5.21. The fourth-order valence-corrected chi connectivity index (χ4v) is 3.17. The van der Waals surface area contributed by atoms with Gasteiger partial charge in [0.1, 0.15) is 5.75 Å². The minimum atomic E-state index is -0.167. The van der Waals surface area contributed by atoms with Crippen molar-refractivity contribution in [2.45, 2.75) is 26.3 Å². The van der Waals surface area contributed by atoms with Crippen LogP contribution in [0.3, 0.4) is 0 Å². The number of benzene rings is 1. The summed E-state index contributed by atoms with van der Waals surface area (Å²) in [7, 11) is 1.54. The molecule has 1 aromatic carbocycles. The van der Waals surface area contributed by atoms with Crippen molar-refractivity contribution in [1.29, 1.82) is 0 Å². The van der Waals surface area contributed by atoms with Crippen molar-refractivity contribution in [3.8, 4) is 5.75 Å². The molecule has 0 aliphatic rings. The predicted molar refractivity (Wildman–Crippen MR) is 87.1 cm³/mol. The molecule has 0 saturated heterocycles. The smallest absolute Gasteiger partial charge is 0.255 e. The molecule has 1 heterocycles. The Balaban J connectivity index is 2.05. The Kier molecular flexibility index (Phi) is 4.85. The van der Waals surface area contributed by atoms with Crippen LogP contribution in [0.5, 0.6) is 5.75 Å². The molecule has 1 aromatic heterocycles. The van der Waals surface area contributed by atoms with Crippen molar-refractivity contribution in [3.05, 3.63) is 45.6 Å². The molecule has 0 radical (unpaired) electrons. The van der Waals surface area contributed by atoms with Crippen molar-refractivity contribution in [1.82, 2.24) is 5.32 Å². The number of nitrogens with one attached hydrogen (secondary N) is 1. The zero-order chi connectivity index (χ0) is 15.4. The molecule has 112 valence electrons. The maximum Gasteiger partial charge on any atom is 0.255 e. The van der Waals surface area contributed by atoms with Crippen LogP contribution in [0, 0.1) is 6.92 Å². The summed E-state index contributed by atoms with van der Waals surface area (Å²) in [5, 5.41) is 2.99. The summed E-state index contributed by atoms with van der Waals surface area (Å²) in [6.45, 7) is 4.07. The van der Waals surface area contributed by atoms with E-state index in [1.165, 1.54) is 9.75 Å². The molecule has 1 amide bonds. The summed E-state index contributed by atoms with van der Waals surface area (Å²) in [5.74, 6) is 0.362. The van der Waals surface area contributed by atoms with Gasteiger partial charge in [0, 0.05) is 27.9 Å². The van der Waals surface area contributed by atoms with Crippen molar-refractivity contribution in [2.24, 2.45) is 0 Å². The van der Waals surface area contributed by atoms with Gasteiger partial charge in [-0.25, -0.2) is 0 Å². The second kappa shape index (κ2) is 6.63. The van der Waals surface area contributed by atoms with Crippen LogP contribution in [0.25, 0.3) is 0 Å². The number of amides is 1. The molecule has 3 N–H and O–H groups in total. The first kappa shape index (κ1) is 15.4. The van der Waals surface area contributed by atoms with E-state index >= 15 is 0 Å². The van der Waals surface area contributed by atoms with Gasteiger partial charge in [-0.3, -0.25) is 4.79 Å². The first-order valence-electron chi connectivity index (χ1n) is 6.79. The van der Waals surface area contributed by atoms with Gasteiger partial charge in [0.05, 0.1) is 12.7 Å². The van der Waals surface area contributed by atoms with Crippen LogP contribution in [0.1, 0.15) is 27.0 Å².